The molecule has 0 aliphatic heterocycles. The van der Waals surface area contributed by atoms with Crippen LogP contribution in [0.3, 0.4) is 0 Å². The number of hydrogen-bond donors (Lipinski definition) is 0. The van der Waals surface area contributed by atoms with Crippen molar-refractivity contribution >= 4 is 57.0 Å². The summed E-state index contributed by atoms with van der Waals surface area (Å²) in [6.45, 7) is 0. The Hall–Kier alpha value is -7.34. The summed E-state index contributed by atoms with van der Waals surface area (Å²) in [5.41, 5.74) is 0. The van der Waals surface area contributed by atoms with E-state index in [9.17, 15) is 10.2 Å². The van der Waals surface area contributed by atoms with Gasteiger partial charge < -0.3 is 10.2 Å². The maximum absolute atomic E-state index is 10.3. The molecule has 4 heteroatoms. The molecule has 64 heavy (non-hydrogen) atoms. The van der Waals surface area contributed by atoms with Gasteiger partial charge in [0.2, 0.25) is 0 Å². The standard InChI is InChI=1S/2C24H20P.2C6H6O/c2*1-5-13-21(14-6-1)25(22-15-7-2-8-16-22,23-17-9-3-10-18-23)24-19-11-4-12-20-24;2*7-6-4-2-1-3-5-6/h2*1-20H;2*1-5,7H/q2*+1;;/p-2. The van der Waals surface area contributed by atoms with Crippen LogP contribution >= 0.6 is 14.5 Å². The molecular formula is C60H50O2P2. The first-order chi connectivity index (χ1) is 31.6. The van der Waals surface area contributed by atoms with Gasteiger partial charge in [0.05, 0.1) is 0 Å². The molecule has 0 bridgehead atoms. The molecule has 0 fully saturated rings. The van der Waals surface area contributed by atoms with Crippen LogP contribution < -0.4 is 52.6 Å². The zero-order valence-electron chi connectivity index (χ0n) is 35.6. The van der Waals surface area contributed by atoms with Crippen LogP contribution in [-0.2, 0) is 0 Å². The fourth-order valence-corrected chi connectivity index (χ4v) is 16.4. The molecule has 2 nitrogen and oxygen atoms in total. The lowest BCUT2D eigenvalue weighted by atomic mass is 10.3. The lowest BCUT2D eigenvalue weighted by molar-refractivity contribution is -0.269. The van der Waals surface area contributed by atoms with Crippen LogP contribution in [0.5, 0.6) is 11.5 Å². The molecule has 0 atom stereocenters. The average molecular weight is 865 g/mol. The molecule has 0 spiro atoms. The van der Waals surface area contributed by atoms with Gasteiger partial charge in [-0.3, -0.25) is 0 Å². The topological polar surface area (TPSA) is 46.1 Å². The molecule has 10 aromatic rings. The SMILES string of the molecule is [O-]c1ccccc1.[O-]c1ccccc1.c1ccc([P+](c2ccccc2)(c2ccccc2)c2ccccc2)cc1.c1ccc([P+](c2ccccc2)(c2ccccc2)c2ccccc2)cc1. The third kappa shape index (κ3) is 10.8. The third-order valence-corrected chi connectivity index (χ3v) is 19.2. The summed E-state index contributed by atoms with van der Waals surface area (Å²) in [7, 11) is -3.81. The number of rotatable bonds is 8. The van der Waals surface area contributed by atoms with E-state index in [1.807, 2.05) is 12.1 Å². The maximum Gasteiger partial charge on any atom is 0.144 e. The van der Waals surface area contributed by atoms with E-state index < -0.39 is 14.5 Å². The Kier molecular flexibility index (Phi) is 16.2. The molecule has 0 aliphatic carbocycles. The Bertz CT molecular complexity index is 2260. The summed E-state index contributed by atoms with van der Waals surface area (Å²) in [5.74, 6) is 0.144. The fraction of sp³-hybridized carbons (Fsp3) is 0. The lowest BCUT2D eigenvalue weighted by Crippen LogP contribution is -2.38. The van der Waals surface area contributed by atoms with Crippen LogP contribution in [0.1, 0.15) is 0 Å². The summed E-state index contributed by atoms with van der Waals surface area (Å²) in [4.78, 5) is 0. The van der Waals surface area contributed by atoms with E-state index in [-0.39, 0.29) is 11.5 Å². The van der Waals surface area contributed by atoms with E-state index in [1.54, 1.807) is 24.3 Å². The van der Waals surface area contributed by atoms with E-state index in [4.69, 9.17) is 0 Å². The molecule has 0 radical (unpaired) electrons. The van der Waals surface area contributed by atoms with Crippen molar-refractivity contribution in [3.63, 3.8) is 0 Å². The van der Waals surface area contributed by atoms with Crippen molar-refractivity contribution < 1.29 is 10.2 Å². The van der Waals surface area contributed by atoms with Crippen LogP contribution in [0.2, 0.25) is 0 Å². The highest BCUT2D eigenvalue weighted by Crippen LogP contribution is 2.55. The maximum atomic E-state index is 10.3. The minimum Gasteiger partial charge on any atom is -0.872 e. The molecule has 0 amide bonds. The first-order valence-corrected chi connectivity index (χ1v) is 24.9. The minimum absolute atomic E-state index is 0.0718. The zero-order valence-corrected chi connectivity index (χ0v) is 37.4. The monoisotopic (exact) mass is 864 g/mol. The van der Waals surface area contributed by atoms with Crippen LogP contribution in [0.15, 0.2) is 303 Å². The molecule has 10 rings (SSSR count). The summed E-state index contributed by atoms with van der Waals surface area (Å²) >= 11 is 0. The second-order valence-electron chi connectivity index (χ2n) is 14.7. The quantitative estimate of drug-likeness (QED) is 0.143. The molecular weight excluding hydrogens is 815 g/mol. The summed E-state index contributed by atoms with van der Waals surface area (Å²) in [6, 6.07) is 104. The molecule has 0 saturated heterocycles. The summed E-state index contributed by atoms with van der Waals surface area (Å²) in [6.07, 6.45) is 0. The Labute approximate surface area is 380 Å². The number of hydrogen-bond acceptors (Lipinski definition) is 2. The first kappa shape index (κ1) is 44.7. The van der Waals surface area contributed by atoms with Gasteiger partial charge >= 0.3 is 0 Å². The Morgan fingerprint density at radius 2 is 0.266 bits per heavy atom. The summed E-state index contributed by atoms with van der Waals surface area (Å²) in [5, 5.41) is 31.6. The highest BCUT2D eigenvalue weighted by molar-refractivity contribution is 8.02. The molecule has 0 aliphatic rings. The normalized spacial score (nSPS) is 10.6. The fourth-order valence-electron chi connectivity index (χ4n) is 7.84. The van der Waals surface area contributed by atoms with Crippen molar-refractivity contribution in [1.82, 2.24) is 0 Å². The lowest BCUT2D eigenvalue weighted by Gasteiger charge is -2.27. The van der Waals surface area contributed by atoms with Crippen LogP contribution in [-0.4, -0.2) is 0 Å². The van der Waals surface area contributed by atoms with Crippen molar-refractivity contribution in [1.29, 1.82) is 0 Å². The first-order valence-electron chi connectivity index (χ1n) is 21.3. The predicted octanol–water partition coefficient (Wildman–Crippen LogP) is 10.1. The van der Waals surface area contributed by atoms with Crippen molar-refractivity contribution in [3.8, 4) is 11.5 Å². The van der Waals surface area contributed by atoms with E-state index in [0.29, 0.717) is 0 Å². The van der Waals surface area contributed by atoms with Gasteiger partial charge in [-0.1, -0.05) is 206 Å². The Morgan fingerprint density at radius 3 is 0.359 bits per heavy atom. The van der Waals surface area contributed by atoms with E-state index in [2.05, 4.69) is 243 Å². The summed E-state index contributed by atoms with van der Waals surface area (Å²) < 4.78 is 0. The van der Waals surface area contributed by atoms with Gasteiger partial charge in [-0.15, -0.1) is 11.5 Å². The molecule has 0 heterocycles. The molecule has 312 valence electrons. The van der Waals surface area contributed by atoms with Crippen LogP contribution in [0.4, 0.5) is 0 Å². The van der Waals surface area contributed by atoms with Crippen LogP contribution in [0, 0.1) is 0 Å². The smallest absolute Gasteiger partial charge is 0.144 e. The Morgan fingerprint density at radius 1 is 0.156 bits per heavy atom. The van der Waals surface area contributed by atoms with Gasteiger partial charge in [-0.25, -0.2) is 0 Å². The zero-order chi connectivity index (χ0) is 44.1. The van der Waals surface area contributed by atoms with Crippen molar-refractivity contribution in [2.75, 3.05) is 0 Å². The van der Waals surface area contributed by atoms with E-state index in [1.165, 1.54) is 66.7 Å². The Balaban J connectivity index is 0.000000147. The van der Waals surface area contributed by atoms with Gasteiger partial charge in [0.15, 0.2) is 0 Å². The average Bonchev–Trinajstić information content (AvgIpc) is 3.38. The number of para-hydroxylation sites is 2. The highest BCUT2D eigenvalue weighted by Gasteiger charge is 2.48. The minimum atomic E-state index is -1.91. The molecule has 0 saturated carbocycles. The number of benzene rings is 10. The second kappa shape index (κ2) is 23.2. The van der Waals surface area contributed by atoms with E-state index >= 15 is 0 Å². The van der Waals surface area contributed by atoms with E-state index in [0.717, 1.165) is 0 Å². The molecule has 0 aromatic heterocycles. The van der Waals surface area contributed by atoms with Crippen molar-refractivity contribution in [2.45, 2.75) is 0 Å². The largest absolute Gasteiger partial charge is 0.872 e. The van der Waals surface area contributed by atoms with Gasteiger partial charge in [0.1, 0.15) is 57.0 Å². The van der Waals surface area contributed by atoms with Gasteiger partial charge in [0, 0.05) is 0 Å². The third-order valence-electron chi connectivity index (χ3n) is 10.6. The molecule has 0 N–H and O–H groups in total. The molecule has 10 aromatic carbocycles. The van der Waals surface area contributed by atoms with Crippen molar-refractivity contribution in [2.24, 2.45) is 0 Å². The van der Waals surface area contributed by atoms with Gasteiger partial charge in [-0.2, -0.15) is 0 Å². The highest BCUT2D eigenvalue weighted by atomic mass is 31.2. The van der Waals surface area contributed by atoms with Crippen LogP contribution in [0.25, 0.3) is 0 Å². The molecule has 0 unspecified atom stereocenters. The van der Waals surface area contributed by atoms with Gasteiger partial charge in [-0.05, 0) is 97.1 Å². The predicted molar refractivity (Wildman–Crippen MR) is 274 cm³/mol. The van der Waals surface area contributed by atoms with Gasteiger partial charge in [0.25, 0.3) is 0 Å². The van der Waals surface area contributed by atoms with Crippen molar-refractivity contribution in [3.05, 3.63) is 303 Å². The second-order valence-corrected chi connectivity index (χ2v) is 21.5.